The third-order valence-electron chi connectivity index (χ3n) is 6.40. The van der Waals surface area contributed by atoms with E-state index in [0.29, 0.717) is 6.42 Å². The molecule has 0 aliphatic carbocycles. The minimum absolute atomic E-state index is 0.143. The maximum atomic E-state index is 11.0. The van der Waals surface area contributed by atoms with E-state index in [4.69, 9.17) is 30.9 Å². The van der Waals surface area contributed by atoms with Gasteiger partial charge in [-0.25, -0.2) is 0 Å². The van der Waals surface area contributed by atoms with Crippen molar-refractivity contribution in [3.8, 4) is 11.4 Å². The van der Waals surface area contributed by atoms with E-state index in [1.807, 2.05) is 24.3 Å². The fourth-order valence-electron chi connectivity index (χ4n) is 3.98. The molecule has 0 unspecified atom stereocenters. The smallest absolute Gasteiger partial charge is 0.303 e. The van der Waals surface area contributed by atoms with Gasteiger partial charge in [0.25, 0.3) is 0 Å². The summed E-state index contributed by atoms with van der Waals surface area (Å²) in [6, 6.07) is 24.8. The van der Waals surface area contributed by atoms with E-state index < -0.39 is 31.3 Å². The van der Waals surface area contributed by atoms with Gasteiger partial charge >= 0.3 is 5.97 Å². The molecule has 4 aromatic rings. The molecular formula is C30H36N2O6. The molecule has 1 heterocycles. The maximum Gasteiger partial charge on any atom is 0.303 e. The Morgan fingerprint density at radius 1 is 0.868 bits per heavy atom. The summed E-state index contributed by atoms with van der Waals surface area (Å²) in [5, 5.41) is 35.2. The Morgan fingerprint density at radius 2 is 1.53 bits per heavy atom. The summed E-state index contributed by atoms with van der Waals surface area (Å²) in [5.74, 6) is 0.0608. The van der Waals surface area contributed by atoms with E-state index in [9.17, 15) is 4.79 Å². The maximum absolute atomic E-state index is 11.0. The SMILES string of the molecule is COc1ccc(-n2cc(CCc3ccccc3)c3cc(CCC(=O)O)ccc32)cc1.NC(CO)(CO)CO. The van der Waals surface area contributed by atoms with Crippen LogP contribution in [0.4, 0.5) is 0 Å². The van der Waals surface area contributed by atoms with E-state index in [0.717, 1.165) is 35.4 Å². The van der Waals surface area contributed by atoms with Gasteiger partial charge in [0.1, 0.15) is 5.75 Å². The molecule has 8 nitrogen and oxygen atoms in total. The molecular weight excluding hydrogens is 484 g/mol. The van der Waals surface area contributed by atoms with Crippen LogP contribution in [0.1, 0.15) is 23.1 Å². The average molecular weight is 521 g/mol. The number of rotatable bonds is 11. The Hall–Kier alpha value is -3.69. The highest BCUT2D eigenvalue weighted by Gasteiger charge is 2.20. The highest BCUT2D eigenvalue weighted by atomic mass is 16.5. The van der Waals surface area contributed by atoms with Crippen molar-refractivity contribution in [3.63, 3.8) is 0 Å². The molecule has 4 rings (SSSR count). The number of benzene rings is 3. The van der Waals surface area contributed by atoms with Crippen molar-refractivity contribution in [3.05, 3.63) is 95.7 Å². The number of aliphatic carboxylic acids is 1. The van der Waals surface area contributed by atoms with Gasteiger partial charge in [-0.2, -0.15) is 0 Å². The van der Waals surface area contributed by atoms with Crippen molar-refractivity contribution in [1.82, 2.24) is 4.57 Å². The number of carboxylic acid groups (broad SMARTS) is 1. The summed E-state index contributed by atoms with van der Waals surface area (Å²) in [4.78, 5) is 11.0. The summed E-state index contributed by atoms with van der Waals surface area (Å²) < 4.78 is 7.49. The third kappa shape index (κ3) is 7.66. The molecule has 0 atom stereocenters. The van der Waals surface area contributed by atoms with Gasteiger partial charge in [0.05, 0.1) is 38.0 Å². The Balaban J connectivity index is 0.000000436. The molecule has 38 heavy (non-hydrogen) atoms. The summed E-state index contributed by atoms with van der Waals surface area (Å²) >= 11 is 0. The fraction of sp³-hybridized carbons (Fsp3) is 0.300. The van der Waals surface area contributed by atoms with Crippen LogP contribution in [0.15, 0.2) is 79.0 Å². The first-order chi connectivity index (χ1) is 18.3. The van der Waals surface area contributed by atoms with Crippen LogP contribution >= 0.6 is 0 Å². The van der Waals surface area contributed by atoms with Crippen molar-refractivity contribution >= 4 is 16.9 Å². The number of carbonyl (C=O) groups is 1. The lowest BCUT2D eigenvalue weighted by Gasteiger charge is -2.20. The quantitative estimate of drug-likeness (QED) is 0.205. The minimum Gasteiger partial charge on any atom is -0.497 e. The Labute approximate surface area is 222 Å². The number of nitrogens with two attached hydrogens (primary N) is 1. The lowest BCUT2D eigenvalue weighted by Crippen LogP contribution is -2.50. The van der Waals surface area contributed by atoms with E-state index in [1.165, 1.54) is 16.5 Å². The largest absolute Gasteiger partial charge is 0.497 e. The lowest BCUT2D eigenvalue weighted by atomic mass is 10.0. The van der Waals surface area contributed by atoms with Crippen LogP contribution in [0.25, 0.3) is 16.6 Å². The number of ether oxygens (including phenoxy) is 1. The van der Waals surface area contributed by atoms with E-state index in [2.05, 4.69) is 59.3 Å². The van der Waals surface area contributed by atoms with Gasteiger partial charge in [-0.15, -0.1) is 0 Å². The fourth-order valence-corrected chi connectivity index (χ4v) is 3.98. The molecule has 0 saturated heterocycles. The number of fused-ring (bicyclic) bond motifs is 1. The number of hydrogen-bond acceptors (Lipinski definition) is 6. The van der Waals surface area contributed by atoms with Crippen LogP contribution < -0.4 is 10.5 Å². The molecule has 8 heteroatoms. The second-order valence-electron chi connectivity index (χ2n) is 9.29. The standard InChI is InChI=1S/C26H25NO3.C4H11NO3/c1-30-23-13-11-22(12-14-23)27-18-21(10-7-19-5-3-2-4-6-19)24-17-20(8-15-25(24)27)9-16-26(28)29;5-4(1-6,2-7)3-8/h2-6,8,11-15,17-18H,7,9-10,16H2,1H3,(H,28,29);6-8H,1-3,5H2. The molecule has 0 aliphatic heterocycles. The van der Waals surface area contributed by atoms with Crippen LogP contribution in [-0.4, -0.2) is 63.4 Å². The van der Waals surface area contributed by atoms with Gasteiger partial charge in [0.2, 0.25) is 0 Å². The van der Waals surface area contributed by atoms with Crippen LogP contribution in [0.3, 0.4) is 0 Å². The Bertz CT molecular complexity index is 1290. The molecule has 0 bridgehead atoms. The first-order valence-corrected chi connectivity index (χ1v) is 12.5. The molecule has 0 amide bonds. The molecule has 0 radical (unpaired) electrons. The number of aromatic nitrogens is 1. The van der Waals surface area contributed by atoms with E-state index in [-0.39, 0.29) is 6.42 Å². The van der Waals surface area contributed by atoms with Crippen molar-refractivity contribution in [2.24, 2.45) is 5.73 Å². The molecule has 0 fully saturated rings. The predicted molar refractivity (Wildman–Crippen MR) is 148 cm³/mol. The summed E-state index contributed by atoms with van der Waals surface area (Å²) in [6.45, 7) is -1.21. The van der Waals surface area contributed by atoms with Gasteiger partial charge in [0, 0.05) is 23.7 Å². The third-order valence-corrected chi connectivity index (χ3v) is 6.40. The monoisotopic (exact) mass is 520 g/mol. The van der Waals surface area contributed by atoms with Gasteiger partial charge in [0.15, 0.2) is 0 Å². The van der Waals surface area contributed by atoms with Crippen molar-refractivity contribution in [2.45, 2.75) is 31.2 Å². The average Bonchev–Trinajstić information content (AvgIpc) is 3.33. The van der Waals surface area contributed by atoms with Crippen LogP contribution in [0, 0.1) is 0 Å². The highest BCUT2D eigenvalue weighted by Crippen LogP contribution is 2.28. The molecule has 0 saturated carbocycles. The topological polar surface area (TPSA) is 138 Å². The number of aliphatic hydroxyl groups is 3. The number of carboxylic acids is 1. The van der Waals surface area contributed by atoms with Crippen molar-refractivity contribution in [1.29, 1.82) is 0 Å². The zero-order chi connectivity index (χ0) is 27.5. The minimum atomic E-state index is -1.21. The number of aliphatic hydroxyl groups excluding tert-OH is 3. The Morgan fingerprint density at radius 3 is 2.08 bits per heavy atom. The van der Waals surface area contributed by atoms with Gasteiger partial charge in [-0.1, -0.05) is 36.4 Å². The van der Waals surface area contributed by atoms with Gasteiger partial charge in [-0.3, -0.25) is 4.79 Å². The van der Waals surface area contributed by atoms with Gasteiger partial charge < -0.3 is 35.5 Å². The van der Waals surface area contributed by atoms with Crippen LogP contribution in [0.5, 0.6) is 5.75 Å². The van der Waals surface area contributed by atoms with Crippen molar-refractivity contribution < 1.29 is 30.0 Å². The second-order valence-corrected chi connectivity index (χ2v) is 9.29. The zero-order valence-electron chi connectivity index (χ0n) is 21.6. The van der Waals surface area contributed by atoms with Crippen LogP contribution in [-0.2, 0) is 24.1 Å². The predicted octanol–water partition coefficient (Wildman–Crippen LogP) is 3.10. The molecule has 0 aliphatic rings. The lowest BCUT2D eigenvalue weighted by molar-refractivity contribution is -0.136. The van der Waals surface area contributed by atoms with E-state index in [1.54, 1.807) is 7.11 Å². The number of methoxy groups -OCH3 is 1. The molecule has 6 N–H and O–H groups in total. The summed E-state index contributed by atoms with van der Waals surface area (Å²) in [7, 11) is 1.67. The number of hydrogen-bond donors (Lipinski definition) is 5. The molecule has 0 spiro atoms. The zero-order valence-corrected chi connectivity index (χ0v) is 21.6. The summed E-state index contributed by atoms with van der Waals surface area (Å²) in [5.41, 5.74) is 9.77. The van der Waals surface area contributed by atoms with E-state index >= 15 is 0 Å². The number of nitrogens with zero attached hydrogens (tertiary/aromatic N) is 1. The van der Waals surface area contributed by atoms with Crippen molar-refractivity contribution in [2.75, 3.05) is 26.9 Å². The normalized spacial score (nSPS) is 11.2. The number of aryl methyl sites for hydroxylation is 3. The second kappa shape index (κ2) is 13.7. The molecule has 3 aromatic carbocycles. The molecule has 1 aromatic heterocycles. The first-order valence-electron chi connectivity index (χ1n) is 12.5. The Kier molecular flexibility index (Phi) is 10.4. The van der Waals surface area contributed by atoms with Gasteiger partial charge in [-0.05, 0) is 72.4 Å². The summed E-state index contributed by atoms with van der Waals surface area (Å²) in [6.07, 6.45) is 4.77. The first kappa shape index (κ1) is 28.9. The highest BCUT2D eigenvalue weighted by molar-refractivity contribution is 5.86. The molecule has 202 valence electrons. The van der Waals surface area contributed by atoms with Crippen LogP contribution in [0.2, 0.25) is 0 Å².